The van der Waals surface area contributed by atoms with E-state index in [1.54, 1.807) is 0 Å². The zero-order valence-electron chi connectivity index (χ0n) is 8.57. The Labute approximate surface area is 94.3 Å². The van der Waals surface area contributed by atoms with Gasteiger partial charge in [-0.3, -0.25) is 5.10 Å². The van der Waals surface area contributed by atoms with Crippen molar-refractivity contribution in [1.82, 2.24) is 14.9 Å². The standard InChI is InChI=1S/C8H14ClN3O2S/c1-6(2)8(9)5-12-15(13,14)7-3-10-11-4-7/h3-4,6,8,12H,5H2,1-2H3,(H,10,11). The van der Waals surface area contributed by atoms with Crippen LogP contribution >= 0.6 is 11.6 Å². The molecule has 86 valence electrons. The van der Waals surface area contributed by atoms with Gasteiger partial charge >= 0.3 is 0 Å². The lowest BCUT2D eigenvalue weighted by molar-refractivity contribution is 0.556. The van der Waals surface area contributed by atoms with Crippen molar-refractivity contribution in [2.75, 3.05) is 6.54 Å². The van der Waals surface area contributed by atoms with Crippen molar-refractivity contribution in [2.24, 2.45) is 5.92 Å². The molecule has 0 amide bonds. The van der Waals surface area contributed by atoms with Crippen LogP contribution in [0.2, 0.25) is 0 Å². The highest BCUT2D eigenvalue weighted by molar-refractivity contribution is 7.89. The fraction of sp³-hybridized carbons (Fsp3) is 0.625. The van der Waals surface area contributed by atoms with Gasteiger partial charge in [0.1, 0.15) is 4.90 Å². The van der Waals surface area contributed by atoms with Gasteiger partial charge in [0.05, 0.1) is 6.20 Å². The van der Waals surface area contributed by atoms with Gasteiger partial charge in [0.2, 0.25) is 10.0 Å². The van der Waals surface area contributed by atoms with Crippen LogP contribution in [-0.4, -0.2) is 30.5 Å². The van der Waals surface area contributed by atoms with Crippen LogP contribution in [0.1, 0.15) is 13.8 Å². The van der Waals surface area contributed by atoms with Crippen LogP contribution in [0.25, 0.3) is 0 Å². The first-order chi connectivity index (χ1) is 6.93. The van der Waals surface area contributed by atoms with Gasteiger partial charge in [0.15, 0.2) is 0 Å². The van der Waals surface area contributed by atoms with Crippen molar-refractivity contribution in [1.29, 1.82) is 0 Å². The van der Waals surface area contributed by atoms with Crippen molar-refractivity contribution >= 4 is 21.6 Å². The van der Waals surface area contributed by atoms with Gasteiger partial charge in [0, 0.05) is 18.1 Å². The molecule has 2 N–H and O–H groups in total. The summed E-state index contributed by atoms with van der Waals surface area (Å²) in [5.74, 6) is 0.221. The Balaban J connectivity index is 2.59. The number of rotatable bonds is 5. The minimum atomic E-state index is -3.47. The lowest BCUT2D eigenvalue weighted by Gasteiger charge is -2.13. The average Bonchev–Trinajstić information content (AvgIpc) is 2.67. The second-order valence-electron chi connectivity index (χ2n) is 3.55. The summed E-state index contributed by atoms with van der Waals surface area (Å²) in [4.78, 5) is 0.120. The van der Waals surface area contributed by atoms with E-state index in [1.807, 2.05) is 13.8 Å². The average molecular weight is 252 g/mol. The van der Waals surface area contributed by atoms with Gasteiger partial charge in [-0.15, -0.1) is 11.6 Å². The molecule has 1 heterocycles. The molecular weight excluding hydrogens is 238 g/mol. The second kappa shape index (κ2) is 4.96. The van der Waals surface area contributed by atoms with E-state index in [-0.39, 0.29) is 22.7 Å². The van der Waals surface area contributed by atoms with Crippen LogP contribution < -0.4 is 4.72 Å². The molecule has 0 spiro atoms. The highest BCUT2D eigenvalue weighted by Crippen LogP contribution is 2.10. The van der Waals surface area contributed by atoms with Crippen molar-refractivity contribution in [2.45, 2.75) is 24.1 Å². The number of hydrogen-bond donors (Lipinski definition) is 2. The molecule has 1 aromatic rings. The van der Waals surface area contributed by atoms with E-state index in [4.69, 9.17) is 11.6 Å². The number of alkyl halides is 1. The first-order valence-electron chi connectivity index (χ1n) is 4.56. The molecule has 0 radical (unpaired) electrons. The number of aromatic amines is 1. The van der Waals surface area contributed by atoms with Crippen LogP contribution in [0.5, 0.6) is 0 Å². The Morgan fingerprint density at radius 2 is 2.27 bits per heavy atom. The highest BCUT2D eigenvalue weighted by Gasteiger charge is 2.18. The summed E-state index contributed by atoms with van der Waals surface area (Å²) >= 11 is 5.93. The maximum Gasteiger partial charge on any atom is 0.243 e. The number of sulfonamides is 1. The molecule has 1 atom stereocenters. The third-order valence-corrected chi connectivity index (χ3v) is 4.02. The summed E-state index contributed by atoms with van der Waals surface area (Å²) in [5, 5.41) is 5.80. The van der Waals surface area contributed by atoms with E-state index < -0.39 is 10.0 Å². The molecule has 0 aliphatic heterocycles. The monoisotopic (exact) mass is 251 g/mol. The smallest absolute Gasteiger partial charge is 0.243 e. The van der Waals surface area contributed by atoms with Crippen LogP contribution in [0.15, 0.2) is 17.3 Å². The summed E-state index contributed by atoms with van der Waals surface area (Å²) in [6, 6.07) is 0. The minimum absolute atomic E-state index is 0.120. The zero-order valence-corrected chi connectivity index (χ0v) is 10.1. The normalized spacial score (nSPS) is 14.4. The van der Waals surface area contributed by atoms with Crippen molar-refractivity contribution in [3.05, 3.63) is 12.4 Å². The second-order valence-corrected chi connectivity index (χ2v) is 5.87. The number of H-pyrrole nitrogens is 1. The molecule has 0 saturated carbocycles. The molecule has 1 unspecified atom stereocenters. The zero-order chi connectivity index (χ0) is 11.5. The summed E-state index contributed by atoms with van der Waals surface area (Å²) in [6.45, 7) is 4.08. The van der Waals surface area contributed by atoms with Gasteiger partial charge in [-0.1, -0.05) is 13.8 Å². The van der Waals surface area contributed by atoms with Crippen LogP contribution in [-0.2, 0) is 10.0 Å². The van der Waals surface area contributed by atoms with E-state index in [0.29, 0.717) is 0 Å². The SMILES string of the molecule is CC(C)C(Cl)CNS(=O)(=O)c1cn[nH]c1. The number of nitrogens with one attached hydrogen (secondary N) is 2. The third-order valence-electron chi connectivity index (χ3n) is 1.98. The van der Waals surface area contributed by atoms with Crippen LogP contribution in [0.3, 0.4) is 0 Å². The number of halogens is 1. The maximum atomic E-state index is 11.6. The minimum Gasteiger partial charge on any atom is -0.284 e. The van der Waals surface area contributed by atoms with E-state index >= 15 is 0 Å². The Kier molecular flexibility index (Phi) is 4.12. The fourth-order valence-corrected chi connectivity index (χ4v) is 2.03. The maximum absolute atomic E-state index is 11.6. The van der Waals surface area contributed by atoms with Crippen molar-refractivity contribution in [3.8, 4) is 0 Å². The first kappa shape index (κ1) is 12.5. The van der Waals surface area contributed by atoms with Crippen LogP contribution in [0, 0.1) is 5.92 Å². The van der Waals surface area contributed by atoms with E-state index in [9.17, 15) is 8.42 Å². The van der Waals surface area contributed by atoms with Gasteiger partial charge < -0.3 is 0 Å². The third kappa shape index (κ3) is 3.48. The molecule has 0 aliphatic carbocycles. The quantitative estimate of drug-likeness (QED) is 0.766. The van der Waals surface area contributed by atoms with Gasteiger partial charge in [-0.05, 0) is 5.92 Å². The van der Waals surface area contributed by atoms with E-state index in [1.165, 1.54) is 12.4 Å². The number of hydrogen-bond acceptors (Lipinski definition) is 3. The Morgan fingerprint density at radius 3 is 2.73 bits per heavy atom. The van der Waals surface area contributed by atoms with Crippen LogP contribution in [0.4, 0.5) is 0 Å². The molecule has 15 heavy (non-hydrogen) atoms. The van der Waals surface area contributed by atoms with Crippen molar-refractivity contribution < 1.29 is 8.42 Å². The summed E-state index contributed by atoms with van der Waals surface area (Å²) < 4.78 is 25.6. The Hall–Kier alpha value is -0.590. The summed E-state index contributed by atoms with van der Waals surface area (Å²) in [7, 11) is -3.47. The molecule has 1 aromatic heterocycles. The lowest BCUT2D eigenvalue weighted by Crippen LogP contribution is -2.31. The molecule has 0 aromatic carbocycles. The molecule has 0 aliphatic rings. The predicted octanol–water partition coefficient (Wildman–Crippen LogP) is 0.951. The highest BCUT2D eigenvalue weighted by atomic mass is 35.5. The molecule has 0 saturated heterocycles. The fourth-order valence-electron chi connectivity index (χ4n) is 0.894. The van der Waals surface area contributed by atoms with Gasteiger partial charge in [-0.2, -0.15) is 5.10 Å². The van der Waals surface area contributed by atoms with Gasteiger partial charge in [-0.25, -0.2) is 13.1 Å². The Bertz CT molecular complexity index is 388. The number of nitrogens with zero attached hydrogens (tertiary/aromatic N) is 1. The summed E-state index contributed by atoms with van der Waals surface area (Å²) in [5.41, 5.74) is 0. The van der Waals surface area contributed by atoms with E-state index in [0.717, 1.165) is 0 Å². The van der Waals surface area contributed by atoms with Gasteiger partial charge in [0.25, 0.3) is 0 Å². The topological polar surface area (TPSA) is 74.8 Å². The Morgan fingerprint density at radius 1 is 1.60 bits per heavy atom. The molecule has 0 bridgehead atoms. The predicted molar refractivity (Wildman–Crippen MR) is 58.3 cm³/mol. The lowest BCUT2D eigenvalue weighted by atomic mass is 10.1. The van der Waals surface area contributed by atoms with Crippen molar-refractivity contribution in [3.63, 3.8) is 0 Å². The number of aromatic nitrogens is 2. The first-order valence-corrected chi connectivity index (χ1v) is 6.48. The summed E-state index contributed by atoms with van der Waals surface area (Å²) in [6.07, 6.45) is 2.57. The largest absolute Gasteiger partial charge is 0.284 e. The molecule has 5 nitrogen and oxygen atoms in total. The molecular formula is C8H14ClN3O2S. The molecule has 0 fully saturated rings. The molecule has 1 rings (SSSR count). The molecule has 7 heteroatoms. The van der Waals surface area contributed by atoms with E-state index in [2.05, 4.69) is 14.9 Å².